The molecule has 0 bridgehead atoms. The summed E-state index contributed by atoms with van der Waals surface area (Å²) >= 11 is 0. The second-order valence-corrected chi connectivity index (χ2v) is 5.46. The Morgan fingerprint density at radius 3 is 2.71 bits per heavy atom. The van der Waals surface area contributed by atoms with Crippen LogP contribution in [0.3, 0.4) is 0 Å². The van der Waals surface area contributed by atoms with Crippen LogP contribution in [-0.4, -0.2) is 20.3 Å². The van der Waals surface area contributed by atoms with Gasteiger partial charge in [0.1, 0.15) is 17.6 Å². The first-order valence-corrected chi connectivity index (χ1v) is 7.29. The largest absolute Gasteiger partial charge is 0.496 e. The van der Waals surface area contributed by atoms with Gasteiger partial charge in [0.2, 0.25) is 0 Å². The molecule has 2 atom stereocenters. The normalized spacial score (nSPS) is 18.0. The summed E-state index contributed by atoms with van der Waals surface area (Å²) < 4.78 is 11.5. The highest BCUT2D eigenvalue weighted by atomic mass is 16.5. The van der Waals surface area contributed by atoms with Gasteiger partial charge in [0.25, 0.3) is 0 Å². The van der Waals surface area contributed by atoms with Gasteiger partial charge >= 0.3 is 0 Å². The van der Waals surface area contributed by atoms with Gasteiger partial charge in [-0.05, 0) is 42.8 Å². The van der Waals surface area contributed by atoms with Crippen LogP contribution in [0.15, 0.2) is 42.5 Å². The topological polar surface area (TPSA) is 30.5 Å². The molecular formula is C18H21NO2. The number of nitrogens with one attached hydrogen (secondary N) is 1. The van der Waals surface area contributed by atoms with Gasteiger partial charge in [0.15, 0.2) is 0 Å². The van der Waals surface area contributed by atoms with E-state index in [1.165, 1.54) is 11.1 Å². The standard InChI is InChI=1S/C18H21NO2/c1-12-10-14(8-9-15(12)20-3)18(19-2)17-11-13-6-4-5-7-16(13)21-17/h4-10,17-19H,11H2,1-3H3. The molecule has 0 saturated carbocycles. The van der Waals surface area contributed by atoms with Crippen molar-refractivity contribution in [2.45, 2.75) is 25.5 Å². The van der Waals surface area contributed by atoms with Crippen molar-refractivity contribution in [3.63, 3.8) is 0 Å². The van der Waals surface area contributed by atoms with E-state index < -0.39 is 0 Å². The zero-order valence-electron chi connectivity index (χ0n) is 12.7. The molecule has 2 aromatic rings. The van der Waals surface area contributed by atoms with E-state index in [2.05, 4.69) is 36.5 Å². The monoisotopic (exact) mass is 283 g/mol. The van der Waals surface area contributed by atoms with Crippen molar-refractivity contribution in [1.82, 2.24) is 5.32 Å². The summed E-state index contributed by atoms with van der Waals surface area (Å²) in [5, 5.41) is 3.39. The molecule has 1 aliphatic heterocycles. The Bertz CT molecular complexity index is 614. The van der Waals surface area contributed by atoms with E-state index in [4.69, 9.17) is 9.47 Å². The summed E-state index contributed by atoms with van der Waals surface area (Å²) in [5.74, 6) is 1.93. The van der Waals surface area contributed by atoms with Gasteiger partial charge in [-0.25, -0.2) is 0 Å². The lowest BCUT2D eigenvalue weighted by Gasteiger charge is -2.24. The molecule has 2 aromatic carbocycles. The Kier molecular flexibility index (Phi) is 3.84. The molecule has 3 rings (SSSR count). The van der Waals surface area contributed by atoms with Crippen LogP contribution >= 0.6 is 0 Å². The van der Waals surface area contributed by atoms with Crippen LogP contribution in [0.2, 0.25) is 0 Å². The minimum Gasteiger partial charge on any atom is -0.496 e. The summed E-state index contributed by atoms with van der Waals surface area (Å²) in [7, 11) is 3.69. The number of rotatable bonds is 4. The Balaban J connectivity index is 1.85. The molecule has 3 heteroatoms. The number of methoxy groups -OCH3 is 1. The average molecular weight is 283 g/mol. The molecule has 0 fully saturated rings. The molecule has 1 heterocycles. The fourth-order valence-electron chi connectivity index (χ4n) is 3.06. The molecule has 21 heavy (non-hydrogen) atoms. The lowest BCUT2D eigenvalue weighted by Crippen LogP contribution is -2.32. The first-order valence-electron chi connectivity index (χ1n) is 7.29. The van der Waals surface area contributed by atoms with Crippen molar-refractivity contribution in [2.75, 3.05) is 14.2 Å². The first-order chi connectivity index (χ1) is 10.2. The van der Waals surface area contributed by atoms with Gasteiger partial charge in [0, 0.05) is 6.42 Å². The van der Waals surface area contributed by atoms with Gasteiger partial charge in [-0.1, -0.05) is 30.3 Å². The molecule has 3 nitrogen and oxygen atoms in total. The van der Waals surface area contributed by atoms with Gasteiger partial charge in [0.05, 0.1) is 13.2 Å². The third-order valence-corrected chi connectivity index (χ3v) is 4.13. The lowest BCUT2D eigenvalue weighted by atomic mass is 9.96. The molecule has 0 amide bonds. The molecule has 0 spiro atoms. The summed E-state index contributed by atoms with van der Waals surface area (Å²) in [6.07, 6.45) is 1.06. The zero-order valence-corrected chi connectivity index (χ0v) is 12.7. The number of hydrogen-bond acceptors (Lipinski definition) is 3. The maximum atomic E-state index is 6.12. The molecule has 0 radical (unpaired) electrons. The van der Waals surface area contributed by atoms with Gasteiger partial charge < -0.3 is 14.8 Å². The second-order valence-electron chi connectivity index (χ2n) is 5.46. The summed E-state index contributed by atoms with van der Waals surface area (Å²) in [4.78, 5) is 0. The van der Waals surface area contributed by atoms with E-state index in [-0.39, 0.29) is 12.1 Å². The van der Waals surface area contributed by atoms with Crippen LogP contribution in [-0.2, 0) is 6.42 Å². The van der Waals surface area contributed by atoms with Gasteiger partial charge in [-0.15, -0.1) is 0 Å². The number of likely N-dealkylation sites (N-methyl/N-ethyl adjacent to an activating group) is 1. The van der Waals surface area contributed by atoms with Crippen LogP contribution < -0.4 is 14.8 Å². The van der Waals surface area contributed by atoms with E-state index in [1.807, 2.05) is 25.2 Å². The average Bonchev–Trinajstić information content (AvgIpc) is 2.91. The smallest absolute Gasteiger partial charge is 0.123 e. The Hall–Kier alpha value is -2.00. The van der Waals surface area contributed by atoms with Crippen molar-refractivity contribution in [3.8, 4) is 11.5 Å². The maximum absolute atomic E-state index is 6.12. The minimum atomic E-state index is 0.125. The first kappa shape index (κ1) is 14.0. The highest BCUT2D eigenvalue weighted by molar-refractivity contribution is 5.41. The highest BCUT2D eigenvalue weighted by Gasteiger charge is 2.30. The molecule has 2 unspecified atom stereocenters. The number of hydrogen-bond donors (Lipinski definition) is 1. The Morgan fingerprint density at radius 2 is 2.05 bits per heavy atom. The third-order valence-electron chi connectivity index (χ3n) is 4.13. The second kappa shape index (κ2) is 5.78. The summed E-state index contributed by atoms with van der Waals surface area (Å²) in [5.41, 5.74) is 3.66. The van der Waals surface area contributed by atoms with E-state index in [0.29, 0.717) is 0 Å². The van der Waals surface area contributed by atoms with E-state index in [1.54, 1.807) is 7.11 Å². The minimum absolute atomic E-state index is 0.125. The van der Waals surface area contributed by atoms with E-state index >= 15 is 0 Å². The van der Waals surface area contributed by atoms with Crippen LogP contribution in [0.25, 0.3) is 0 Å². The Morgan fingerprint density at radius 1 is 1.24 bits per heavy atom. The molecule has 1 aliphatic rings. The van der Waals surface area contributed by atoms with Crippen LogP contribution in [0, 0.1) is 6.92 Å². The predicted octanol–water partition coefficient (Wildman–Crippen LogP) is 3.27. The maximum Gasteiger partial charge on any atom is 0.123 e. The zero-order chi connectivity index (χ0) is 14.8. The summed E-state index contributed by atoms with van der Waals surface area (Å²) in [6, 6.07) is 14.7. The molecule has 0 aromatic heterocycles. The SMILES string of the molecule is CNC(c1ccc(OC)c(C)c1)C1Cc2ccccc2O1. The van der Waals surface area contributed by atoms with Crippen LogP contribution in [0.4, 0.5) is 0 Å². The quantitative estimate of drug-likeness (QED) is 0.934. The van der Waals surface area contributed by atoms with Crippen molar-refractivity contribution in [2.24, 2.45) is 0 Å². The molecule has 110 valence electrons. The fraction of sp³-hybridized carbons (Fsp3) is 0.333. The van der Waals surface area contributed by atoms with Crippen LogP contribution in [0.1, 0.15) is 22.7 Å². The summed E-state index contributed by atoms with van der Waals surface area (Å²) in [6.45, 7) is 2.07. The Labute approximate surface area is 125 Å². The number of benzene rings is 2. The van der Waals surface area contributed by atoms with Crippen molar-refractivity contribution < 1.29 is 9.47 Å². The molecule has 0 aliphatic carbocycles. The van der Waals surface area contributed by atoms with Crippen molar-refractivity contribution >= 4 is 0 Å². The lowest BCUT2D eigenvalue weighted by molar-refractivity contribution is 0.183. The van der Waals surface area contributed by atoms with E-state index in [9.17, 15) is 0 Å². The van der Waals surface area contributed by atoms with Crippen molar-refractivity contribution in [1.29, 1.82) is 0 Å². The van der Waals surface area contributed by atoms with Gasteiger partial charge in [-0.3, -0.25) is 0 Å². The predicted molar refractivity (Wildman–Crippen MR) is 84.1 cm³/mol. The van der Waals surface area contributed by atoms with Crippen LogP contribution in [0.5, 0.6) is 11.5 Å². The highest BCUT2D eigenvalue weighted by Crippen LogP contribution is 2.34. The van der Waals surface area contributed by atoms with Gasteiger partial charge in [-0.2, -0.15) is 0 Å². The molecule has 0 saturated heterocycles. The number of ether oxygens (including phenoxy) is 2. The third kappa shape index (κ3) is 2.61. The molecular weight excluding hydrogens is 262 g/mol. The fourth-order valence-corrected chi connectivity index (χ4v) is 3.06. The van der Waals surface area contributed by atoms with E-state index in [0.717, 1.165) is 23.5 Å². The number of para-hydroxylation sites is 1. The number of fused-ring (bicyclic) bond motifs is 1. The van der Waals surface area contributed by atoms with Crippen molar-refractivity contribution in [3.05, 3.63) is 59.2 Å². The number of aryl methyl sites for hydroxylation is 1. The molecule has 1 N–H and O–H groups in total.